The van der Waals surface area contributed by atoms with Crippen molar-refractivity contribution < 1.29 is 4.39 Å². The molecule has 0 fully saturated rings. The van der Waals surface area contributed by atoms with Crippen LogP contribution in [0.25, 0.3) is 0 Å². The number of hydrogen-bond donors (Lipinski definition) is 2. The van der Waals surface area contributed by atoms with Gasteiger partial charge in [-0.1, -0.05) is 6.07 Å². The molecule has 20 heavy (non-hydrogen) atoms. The number of anilines is 2. The molecular weight excluding hydrogens is 255 g/mol. The molecule has 1 unspecified atom stereocenters. The van der Waals surface area contributed by atoms with E-state index in [9.17, 15) is 4.39 Å². The Bertz CT molecular complexity index is 642. The van der Waals surface area contributed by atoms with Crippen LogP contribution >= 0.6 is 0 Å². The molecule has 0 radical (unpaired) electrons. The predicted octanol–water partition coefficient (Wildman–Crippen LogP) is 3.00. The lowest BCUT2D eigenvalue weighted by atomic mass is 9.87. The van der Waals surface area contributed by atoms with Crippen molar-refractivity contribution in [3.8, 4) is 0 Å². The number of rotatable bonds is 2. The average Bonchev–Trinajstić information content (AvgIpc) is 2.44. The maximum absolute atomic E-state index is 14.0. The molecule has 4 nitrogen and oxygen atoms in total. The molecule has 3 N–H and O–H groups in total. The minimum Gasteiger partial charge on any atom is -0.399 e. The van der Waals surface area contributed by atoms with E-state index < -0.39 is 0 Å². The summed E-state index contributed by atoms with van der Waals surface area (Å²) in [4.78, 5) is 7.85. The van der Waals surface area contributed by atoms with Crippen LogP contribution in [0.4, 0.5) is 15.9 Å². The lowest BCUT2D eigenvalue weighted by Gasteiger charge is -2.27. The van der Waals surface area contributed by atoms with Crippen molar-refractivity contribution in [2.24, 2.45) is 0 Å². The summed E-state index contributed by atoms with van der Waals surface area (Å²) in [7, 11) is 0. The molecule has 1 aromatic heterocycles. The molecule has 104 valence electrons. The third kappa shape index (κ3) is 2.31. The third-order valence-electron chi connectivity index (χ3n) is 3.76. The molecule has 0 saturated carbocycles. The Morgan fingerprint density at radius 3 is 3.05 bits per heavy atom. The van der Waals surface area contributed by atoms with Gasteiger partial charge in [-0.15, -0.1) is 0 Å². The number of benzene rings is 1. The first kappa shape index (κ1) is 12.8. The second kappa shape index (κ2) is 5.07. The van der Waals surface area contributed by atoms with Crippen molar-refractivity contribution >= 4 is 11.5 Å². The first-order valence-electron chi connectivity index (χ1n) is 6.77. The smallest absolute Gasteiger partial charge is 0.186 e. The number of nitrogens with zero attached hydrogens (tertiary/aromatic N) is 2. The molecule has 0 spiro atoms. The number of fused-ring (bicyclic) bond motifs is 1. The highest BCUT2D eigenvalue weighted by molar-refractivity contribution is 5.49. The molecule has 0 saturated heterocycles. The number of aromatic nitrogens is 2. The van der Waals surface area contributed by atoms with Gasteiger partial charge in [-0.25, -0.2) is 14.4 Å². The van der Waals surface area contributed by atoms with Crippen LogP contribution in [-0.4, -0.2) is 9.97 Å². The van der Waals surface area contributed by atoms with Crippen molar-refractivity contribution in [2.75, 3.05) is 11.1 Å². The van der Waals surface area contributed by atoms with Gasteiger partial charge in [0.05, 0.1) is 11.7 Å². The minimum absolute atomic E-state index is 0.0724. The van der Waals surface area contributed by atoms with Gasteiger partial charge in [-0.3, -0.25) is 0 Å². The van der Waals surface area contributed by atoms with E-state index in [1.807, 2.05) is 18.2 Å². The Morgan fingerprint density at radius 2 is 2.20 bits per heavy atom. The van der Waals surface area contributed by atoms with E-state index in [0.29, 0.717) is 5.69 Å². The highest BCUT2D eigenvalue weighted by atomic mass is 19.1. The molecule has 1 heterocycles. The van der Waals surface area contributed by atoms with Gasteiger partial charge in [-0.2, -0.15) is 0 Å². The van der Waals surface area contributed by atoms with E-state index in [4.69, 9.17) is 5.73 Å². The molecule has 1 atom stereocenters. The Labute approximate surface area is 117 Å². The zero-order valence-corrected chi connectivity index (χ0v) is 11.4. The van der Waals surface area contributed by atoms with Gasteiger partial charge in [-0.05, 0) is 49.4 Å². The summed E-state index contributed by atoms with van der Waals surface area (Å²) in [5.41, 5.74) is 9.37. The summed E-state index contributed by atoms with van der Waals surface area (Å²) < 4.78 is 14.0. The monoisotopic (exact) mass is 272 g/mol. The second-order valence-electron chi connectivity index (χ2n) is 5.17. The standard InChI is InChI=1S/C15H17FN4/c1-9-14(16)15(19-8-18-9)20-13-4-2-3-10-7-11(17)5-6-12(10)13/h5-8,13H,2-4,17H2,1H3,(H,18,19,20). The summed E-state index contributed by atoms with van der Waals surface area (Å²) >= 11 is 0. The molecule has 0 bridgehead atoms. The van der Waals surface area contributed by atoms with Gasteiger partial charge in [0, 0.05) is 5.69 Å². The lowest BCUT2D eigenvalue weighted by molar-refractivity contribution is 0.574. The first-order chi connectivity index (χ1) is 9.65. The maximum Gasteiger partial charge on any atom is 0.186 e. The van der Waals surface area contributed by atoms with Crippen LogP contribution in [0.1, 0.15) is 35.7 Å². The van der Waals surface area contributed by atoms with Crippen molar-refractivity contribution in [2.45, 2.75) is 32.2 Å². The molecule has 5 heteroatoms. The molecule has 1 aromatic carbocycles. The van der Waals surface area contributed by atoms with Crippen LogP contribution in [0.2, 0.25) is 0 Å². The van der Waals surface area contributed by atoms with Crippen LogP contribution in [0.3, 0.4) is 0 Å². The van der Waals surface area contributed by atoms with Crippen LogP contribution < -0.4 is 11.1 Å². The van der Waals surface area contributed by atoms with Gasteiger partial charge in [0.15, 0.2) is 11.6 Å². The van der Waals surface area contributed by atoms with E-state index >= 15 is 0 Å². The maximum atomic E-state index is 14.0. The molecule has 3 rings (SSSR count). The van der Waals surface area contributed by atoms with Gasteiger partial charge in [0.25, 0.3) is 0 Å². The van der Waals surface area contributed by atoms with Crippen molar-refractivity contribution in [1.82, 2.24) is 9.97 Å². The number of aryl methyl sites for hydroxylation is 2. The predicted molar refractivity (Wildman–Crippen MR) is 76.9 cm³/mol. The fourth-order valence-corrected chi connectivity index (χ4v) is 2.71. The quantitative estimate of drug-likeness (QED) is 0.825. The summed E-state index contributed by atoms with van der Waals surface area (Å²) in [6, 6.07) is 5.99. The first-order valence-corrected chi connectivity index (χ1v) is 6.77. The summed E-state index contributed by atoms with van der Waals surface area (Å²) in [6.45, 7) is 1.64. The van der Waals surface area contributed by atoms with E-state index in [-0.39, 0.29) is 17.7 Å². The van der Waals surface area contributed by atoms with Crippen molar-refractivity contribution in [3.63, 3.8) is 0 Å². The van der Waals surface area contributed by atoms with Crippen LogP contribution in [0, 0.1) is 12.7 Å². The molecule has 0 amide bonds. The van der Waals surface area contributed by atoms with Crippen LogP contribution in [0.15, 0.2) is 24.5 Å². The Morgan fingerprint density at radius 1 is 1.35 bits per heavy atom. The molecule has 1 aliphatic carbocycles. The second-order valence-corrected chi connectivity index (χ2v) is 5.17. The Kier molecular flexibility index (Phi) is 3.26. The van der Waals surface area contributed by atoms with Crippen molar-refractivity contribution in [1.29, 1.82) is 0 Å². The molecule has 2 aromatic rings. The van der Waals surface area contributed by atoms with Gasteiger partial charge in [0.1, 0.15) is 6.33 Å². The highest BCUT2D eigenvalue weighted by Gasteiger charge is 2.22. The number of hydrogen-bond acceptors (Lipinski definition) is 4. The SMILES string of the molecule is Cc1ncnc(NC2CCCc3cc(N)ccc32)c1F. The largest absolute Gasteiger partial charge is 0.399 e. The topological polar surface area (TPSA) is 63.8 Å². The zero-order valence-electron chi connectivity index (χ0n) is 11.4. The van der Waals surface area contributed by atoms with E-state index in [0.717, 1.165) is 24.9 Å². The summed E-state index contributed by atoms with van der Waals surface area (Å²) in [5, 5.41) is 3.20. The molecule has 1 aliphatic rings. The highest BCUT2D eigenvalue weighted by Crippen LogP contribution is 2.33. The summed E-state index contributed by atoms with van der Waals surface area (Å²) in [5.74, 6) is -0.109. The van der Waals surface area contributed by atoms with Crippen LogP contribution in [-0.2, 0) is 6.42 Å². The Balaban J connectivity index is 1.91. The Hall–Kier alpha value is -2.17. The van der Waals surface area contributed by atoms with Crippen molar-refractivity contribution in [3.05, 3.63) is 47.2 Å². The van der Waals surface area contributed by atoms with Gasteiger partial charge < -0.3 is 11.1 Å². The fourth-order valence-electron chi connectivity index (χ4n) is 2.71. The van der Waals surface area contributed by atoms with Crippen LogP contribution in [0.5, 0.6) is 0 Å². The lowest BCUT2D eigenvalue weighted by Crippen LogP contribution is -2.19. The van der Waals surface area contributed by atoms with Gasteiger partial charge in [0.2, 0.25) is 0 Å². The molecular formula is C15H17FN4. The van der Waals surface area contributed by atoms with E-state index in [1.54, 1.807) is 6.92 Å². The van der Waals surface area contributed by atoms with Gasteiger partial charge >= 0.3 is 0 Å². The third-order valence-corrected chi connectivity index (χ3v) is 3.76. The average molecular weight is 272 g/mol. The zero-order chi connectivity index (χ0) is 14.1. The number of nitrogen functional groups attached to an aromatic ring is 1. The van der Waals surface area contributed by atoms with E-state index in [1.165, 1.54) is 17.5 Å². The number of nitrogens with one attached hydrogen (secondary N) is 1. The fraction of sp³-hybridized carbons (Fsp3) is 0.333. The number of halogens is 1. The van der Waals surface area contributed by atoms with E-state index in [2.05, 4.69) is 15.3 Å². The number of nitrogens with two attached hydrogens (primary N) is 1. The summed E-state index contributed by atoms with van der Waals surface area (Å²) in [6.07, 6.45) is 4.41. The molecule has 0 aliphatic heterocycles. The normalized spacial score (nSPS) is 17.6. The minimum atomic E-state index is -0.380.